The van der Waals surface area contributed by atoms with Gasteiger partial charge in [0, 0.05) is 31.2 Å². The van der Waals surface area contributed by atoms with Crippen LogP contribution in [-0.4, -0.2) is 47.2 Å². The largest absolute Gasteiger partial charge is 0.378 e. The highest BCUT2D eigenvalue weighted by Crippen LogP contribution is 2.27. The van der Waals surface area contributed by atoms with E-state index in [1.165, 1.54) is 6.07 Å². The molecule has 0 aliphatic carbocycles. The summed E-state index contributed by atoms with van der Waals surface area (Å²) in [4.78, 5) is 13.1. The fraction of sp³-hybridized carbons (Fsp3) is 0.588. The summed E-state index contributed by atoms with van der Waals surface area (Å²) in [5, 5.41) is 23.3. The van der Waals surface area contributed by atoms with Crippen molar-refractivity contribution in [3.63, 3.8) is 0 Å². The molecule has 0 saturated carbocycles. The van der Waals surface area contributed by atoms with Crippen LogP contribution in [0.25, 0.3) is 0 Å². The van der Waals surface area contributed by atoms with Crippen LogP contribution in [0.2, 0.25) is 0 Å². The molecule has 2 rings (SSSR count). The molecule has 1 aromatic carbocycles. The third kappa shape index (κ3) is 4.22. The lowest BCUT2D eigenvalue weighted by Gasteiger charge is -2.45. The van der Waals surface area contributed by atoms with Crippen LogP contribution in [0.5, 0.6) is 0 Å². The van der Waals surface area contributed by atoms with Gasteiger partial charge in [0.2, 0.25) is 0 Å². The van der Waals surface area contributed by atoms with Crippen molar-refractivity contribution in [2.45, 2.75) is 45.4 Å². The highest BCUT2D eigenvalue weighted by atomic mass is 16.6. The number of morpholine rings is 1. The highest BCUT2D eigenvalue weighted by Gasteiger charge is 2.33. The molecule has 0 aromatic heterocycles. The first-order valence-corrected chi connectivity index (χ1v) is 8.06. The lowest BCUT2D eigenvalue weighted by Crippen LogP contribution is -2.57. The van der Waals surface area contributed by atoms with E-state index < -0.39 is 4.92 Å². The van der Waals surface area contributed by atoms with Crippen LogP contribution in [-0.2, 0) is 4.74 Å². The maximum absolute atomic E-state index is 11.2. The van der Waals surface area contributed by atoms with Gasteiger partial charge in [-0.15, -0.1) is 0 Å². The zero-order chi connectivity index (χ0) is 17.9. The fourth-order valence-electron chi connectivity index (χ4n) is 3.00. The molecule has 1 aromatic rings. The van der Waals surface area contributed by atoms with Gasteiger partial charge in [-0.25, -0.2) is 0 Å². The number of benzene rings is 1. The van der Waals surface area contributed by atoms with Crippen molar-refractivity contribution in [3.05, 3.63) is 33.9 Å². The lowest BCUT2D eigenvalue weighted by atomic mass is 9.99. The minimum absolute atomic E-state index is 0.0754. The van der Waals surface area contributed by atoms with Crippen molar-refractivity contribution in [2.75, 3.05) is 25.0 Å². The predicted molar refractivity (Wildman–Crippen MR) is 92.0 cm³/mol. The third-order valence-electron chi connectivity index (χ3n) is 4.31. The van der Waals surface area contributed by atoms with Crippen molar-refractivity contribution in [3.8, 4) is 6.07 Å². The summed E-state index contributed by atoms with van der Waals surface area (Å²) in [5.41, 5.74) is 0.450. The van der Waals surface area contributed by atoms with Gasteiger partial charge >= 0.3 is 0 Å². The molecule has 1 heterocycles. The Morgan fingerprint density at radius 2 is 2.04 bits per heavy atom. The number of nitro groups is 1. The predicted octanol–water partition coefficient (Wildman–Crippen LogP) is 2.77. The molecule has 0 radical (unpaired) electrons. The lowest BCUT2D eigenvalue weighted by molar-refractivity contribution is -0.384. The maximum Gasteiger partial charge on any atom is 0.293 e. The average molecular weight is 332 g/mol. The minimum Gasteiger partial charge on any atom is -0.378 e. The summed E-state index contributed by atoms with van der Waals surface area (Å²) in [6, 6.07) is 6.41. The van der Waals surface area contributed by atoms with Crippen molar-refractivity contribution in [1.82, 2.24) is 4.90 Å². The molecule has 0 spiro atoms. The molecule has 0 bridgehead atoms. The van der Waals surface area contributed by atoms with E-state index >= 15 is 0 Å². The fourth-order valence-corrected chi connectivity index (χ4v) is 3.00. The summed E-state index contributed by atoms with van der Waals surface area (Å²) in [6.07, 6.45) is 0.328. The van der Waals surface area contributed by atoms with Crippen molar-refractivity contribution in [2.24, 2.45) is 0 Å². The number of rotatable bonds is 5. The van der Waals surface area contributed by atoms with Gasteiger partial charge in [0.25, 0.3) is 5.69 Å². The Bertz CT molecular complexity index is 644. The number of nitrogens with one attached hydrogen (secondary N) is 1. The number of hydrogen-bond acceptors (Lipinski definition) is 6. The first-order valence-electron chi connectivity index (χ1n) is 8.06. The van der Waals surface area contributed by atoms with E-state index in [1.54, 1.807) is 12.1 Å². The summed E-state index contributed by atoms with van der Waals surface area (Å²) >= 11 is 0. The molecule has 1 saturated heterocycles. The standard InChI is InChI=1S/C17H24N4O3/c1-12-9-20(10-13(2)24-12)17(3,4)11-19-15-6-5-14(8-18)7-16(15)21(22)23/h5-7,12-13,19H,9-11H2,1-4H3. The van der Waals surface area contributed by atoms with Gasteiger partial charge in [-0.05, 0) is 39.8 Å². The van der Waals surface area contributed by atoms with Crippen LogP contribution >= 0.6 is 0 Å². The Hall–Kier alpha value is -2.17. The molecule has 24 heavy (non-hydrogen) atoms. The van der Waals surface area contributed by atoms with E-state index in [2.05, 4.69) is 37.9 Å². The van der Waals surface area contributed by atoms with Gasteiger partial charge in [-0.2, -0.15) is 5.26 Å². The summed E-state index contributed by atoms with van der Waals surface area (Å²) in [7, 11) is 0. The van der Waals surface area contributed by atoms with E-state index in [4.69, 9.17) is 10.00 Å². The number of ether oxygens (including phenoxy) is 1. The van der Waals surface area contributed by atoms with Crippen molar-refractivity contribution < 1.29 is 9.66 Å². The average Bonchev–Trinajstić information content (AvgIpc) is 2.51. The van der Waals surface area contributed by atoms with Gasteiger partial charge < -0.3 is 10.1 Å². The van der Waals surface area contributed by atoms with Crippen LogP contribution in [0.4, 0.5) is 11.4 Å². The van der Waals surface area contributed by atoms with Crippen molar-refractivity contribution >= 4 is 11.4 Å². The molecular formula is C17H24N4O3. The Balaban J connectivity index is 2.12. The van der Waals surface area contributed by atoms with E-state index in [-0.39, 0.29) is 29.0 Å². The van der Waals surface area contributed by atoms with Crippen LogP contribution in [0.3, 0.4) is 0 Å². The van der Waals surface area contributed by atoms with Crippen molar-refractivity contribution in [1.29, 1.82) is 5.26 Å². The van der Waals surface area contributed by atoms with Gasteiger partial charge in [0.05, 0.1) is 28.8 Å². The zero-order valence-corrected chi connectivity index (χ0v) is 14.6. The second-order valence-electron chi connectivity index (χ2n) is 6.93. The van der Waals surface area contributed by atoms with E-state index in [1.807, 2.05) is 6.07 Å². The van der Waals surface area contributed by atoms with Gasteiger partial charge in [0.15, 0.2) is 0 Å². The van der Waals surface area contributed by atoms with Crippen LogP contribution in [0.15, 0.2) is 18.2 Å². The number of nitro benzene ring substituents is 1. The Morgan fingerprint density at radius 3 is 2.58 bits per heavy atom. The van der Waals surface area contributed by atoms with E-state index in [0.717, 1.165) is 13.1 Å². The summed E-state index contributed by atoms with van der Waals surface area (Å²) in [5.74, 6) is 0. The molecule has 0 amide bonds. The quantitative estimate of drug-likeness (QED) is 0.658. The molecule has 1 aliphatic heterocycles. The van der Waals surface area contributed by atoms with Gasteiger partial charge in [0.1, 0.15) is 5.69 Å². The Morgan fingerprint density at radius 1 is 1.42 bits per heavy atom. The normalized spacial score (nSPS) is 22.0. The molecule has 1 fully saturated rings. The van der Waals surface area contributed by atoms with Crippen LogP contribution in [0.1, 0.15) is 33.3 Å². The SMILES string of the molecule is CC1CN(C(C)(C)CNc2ccc(C#N)cc2[N+](=O)[O-])CC(C)O1. The molecule has 1 N–H and O–H groups in total. The first-order chi connectivity index (χ1) is 11.2. The number of nitrogens with zero attached hydrogens (tertiary/aromatic N) is 3. The number of hydrogen-bond donors (Lipinski definition) is 1. The smallest absolute Gasteiger partial charge is 0.293 e. The van der Waals surface area contributed by atoms with E-state index in [9.17, 15) is 10.1 Å². The molecule has 130 valence electrons. The molecule has 2 unspecified atom stereocenters. The Kier molecular flexibility index (Phi) is 5.42. The molecular weight excluding hydrogens is 308 g/mol. The zero-order valence-electron chi connectivity index (χ0n) is 14.6. The molecule has 7 nitrogen and oxygen atoms in total. The monoisotopic (exact) mass is 332 g/mol. The highest BCUT2D eigenvalue weighted by molar-refractivity contribution is 5.64. The molecule has 1 aliphatic rings. The second kappa shape index (κ2) is 7.16. The minimum atomic E-state index is -0.463. The summed E-state index contributed by atoms with van der Waals surface area (Å²) in [6.45, 7) is 10.5. The topological polar surface area (TPSA) is 91.4 Å². The molecule has 7 heteroatoms. The number of anilines is 1. The maximum atomic E-state index is 11.2. The van der Waals surface area contributed by atoms with Gasteiger partial charge in [-0.1, -0.05) is 0 Å². The van der Waals surface area contributed by atoms with Gasteiger partial charge in [-0.3, -0.25) is 15.0 Å². The second-order valence-corrected chi connectivity index (χ2v) is 6.93. The third-order valence-corrected chi connectivity index (χ3v) is 4.31. The Labute approximate surface area is 142 Å². The summed E-state index contributed by atoms with van der Waals surface area (Å²) < 4.78 is 5.77. The first kappa shape index (κ1) is 18.2. The van der Waals surface area contributed by atoms with Crippen LogP contribution in [0, 0.1) is 21.4 Å². The molecule has 2 atom stereocenters. The number of nitriles is 1. The van der Waals surface area contributed by atoms with Crippen LogP contribution < -0.4 is 5.32 Å². The van der Waals surface area contributed by atoms with E-state index in [0.29, 0.717) is 12.2 Å².